The van der Waals surface area contributed by atoms with Crippen LogP contribution in [0.4, 0.5) is 0 Å². The Morgan fingerprint density at radius 1 is 1.67 bits per heavy atom. The van der Waals surface area contributed by atoms with E-state index in [2.05, 4.69) is 9.97 Å². The number of fused-ring (bicyclic) bond motifs is 1. The maximum absolute atomic E-state index is 10.4. The number of nitrogens with zero attached hydrogens (tertiary/aromatic N) is 2. The van der Waals surface area contributed by atoms with Gasteiger partial charge in [0.05, 0.1) is 7.11 Å². The van der Waals surface area contributed by atoms with E-state index in [0.717, 1.165) is 0 Å². The second kappa shape index (κ2) is 3.56. The summed E-state index contributed by atoms with van der Waals surface area (Å²) in [4.78, 5) is 18.3. The van der Waals surface area contributed by atoms with Crippen molar-refractivity contribution in [1.29, 1.82) is 0 Å². The predicted octanol–water partition coefficient (Wildman–Crippen LogP) is 0.858. The van der Waals surface area contributed by atoms with Crippen molar-refractivity contribution in [3.63, 3.8) is 0 Å². The van der Waals surface area contributed by atoms with Crippen LogP contribution in [-0.2, 0) is 11.2 Å². The molecule has 2 heterocycles. The number of carboxylic acid groups (broad SMARTS) is 1. The summed E-state index contributed by atoms with van der Waals surface area (Å²) in [5.41, 5.74) is 0.724. The van der Waals surface area contributed by atoms with Gasteiger partial charge in [-0.2, -0.15) is 4.98 Å². The number of ether oxygens (including phenoxy) is 1. The van der Waals surface area contributed by atoms with Crippen molar-refractivity contribution in [1.82, 2.24) is 9.97 Å². The summed E-state index contributed by atoms with van der Waals surface area (Å²) in [5.74, 6) is -0.390. The fraction of sp³-hybridized carbons (Fsp3) is 0.222. The number of aromatic nitrogens is 2. The molecule has 0 atom stereocenters. The van der Waals surface area contributed by atoms with Crippen molar-refractivity contribution >= 4 is 17.2 Å². The molecule has 0 saturated carbocycles. The highest BCUT2D eigenvalue weighted by Gasteiger charge is 2.13. The van der Waals surface area contributed by atoms with Gasteiger partial charge in [0, 0.05) is 12.3 Å². The summed E-state index contributed by atoms with van der Waals surface area (Å²) in [6, 6.07) is 1.62. The molecule has 0 aliphatic rings. The molecule has 15 heavy (non-hydrogen) atoms. The van der Waals surface area contributed by atoms with E-state index >= 15 is 0 Å². The third kappa shape index (κ3) is 1.74. The highest BCUT2D eigenvalue weighted by atomic mass is 16.5. The van der Waals surface area contributed by atoms with E-state index in [1.807, 2.05) is 0 Å². The van der Waals surface area contributed by atoms with Crippen molar-refractivity contribution in [2.24, 2.45) is 0 Å². The number of hydrogen-bond acceptors (Lipinski definition) is 5. The lowest BCUT2D eigenvalue weighted by molar-refractivity contribution is -0.136. The maximum atomic E-state index is 10.4. The number of pyridine rings is 1. The second-order valence-corrected chi connectivity index (χ2v) is 2.84. The van der Waals surface area contributed by atoms with Gasteiger partial charge in [-0.3, -0.25) is 4.79 Å². The van der Waals surface area contributed by atoms with E-state index in [4.69, 9.17) is 14.3 Å². The lowest BCUT2D eigenvalue weighted by atomic mass is 10.4. The number of carbonyl (C=O) groups is 1. The van der Waals surface area contributed by atoms with Crippen LogP contribution in [0.3, 0.4) is 0 Å². The fourth-order valence-corrected chi connectivity index (χ4v) is 1.22. The van der Waals surface area contributed by atoms with Crippen LogP contribution < -0.4 is 4.74 Å². The van der Waals surface area contributed by atoms with Crippen LogP contribution in [0.25, 0.3) is 11.2 Å². The van der Waals surface area contributed by atoms with Gasteiger partial charge in [-0.05, 0) is 0 Å². The Bertz CT molecular complexity index is 506. The zero-order chi connectivity index (χ0) is 10.8. The topological polar surface area (TPSA) is 85.5 Å². The van der Waals surface area contributed by atoms with Crippen molar-refractivity contribution < 1.29 is 19.1 Å². The van der Waals surface area contributed by atoms with Crippen LogP contribution in [0.5, 0.6) is 5.75 Å². The first-order chi connectivity index (χ1) is 7.20. The number of carboxylic acids is 1. The molecule has 1 N–H and O–H groups in total. The zero-order valence-corrected chi connectivity index (χ0v) is 7.93. The molecular formula is C9H8N2O4. The van der Waals surface area contributed by atoms with Crippen LogP contribution in [0.15, 0.2) is 16.7 Å². The molecule has 0 amide bonds. The van der Waals surface area contributed by atoms with Crippen molar-refractivity contribution in [2.45, 2.75) is 6.42 Å². The Hall–Kier alpha value is -2.11. The monoisotopic (exact) mass is 208 g/mol. The van der Waals surface area contributed by atoms with Gasteiger partial charge in [-0.1, -0.05) is 0 Å². The number of methoxy groups -OCH3 is 1. The van der Waals surface area contributed by atoms with Crippen molar-refractivity contribution in [2.75, 3.05) is 7.11 Å². The Labute approximate surface area is 84.5 Å². The van der Waals surface area contributed by atoms with Gasteiger partial charge >= 0.3 is 5.97 Å². The van der Waals surface area contributed by atoms with Gasteiger partial charge in [-0.25, -0.2) is 4.98 Å². The summed E-state index contributed by atoms with van der Waals surface area (Å²) in [6.45, 7) is 0. The Morgan fingerprint density at radius 2 is 2.47 bits per heavy atom. The largest absolute Gasteiger partial charge is 0.493 e. The average Bonchev–Trinajstić information content (AvgIpc) is 2.58. The summed E-state index contributed by atoms with van der Waals surface area (Å²) < 4.78 is 10.2. The first-order valence-corrected chi connectivity index (χ1v) is 4.21. The summed E-state index contributed by atoms with van der Waals surface area (Å²) in [6.07, 6.45) is 1.26. The van der Waals surface area contributed by atoms with E-state index in [9.17, 15) is 4.79 Å². The number of rotatable bonds is 3. The highest BCUT2D eigenvalue weighted by Crippen LogP contribution is 2.24. The van der Waals surface area contributed by atoms with E-state index in [1.165, 1.54) is 13.3 Å². The van der Waals surface area contributed by atoms with Gasteiger partial charge in [0.1, 0.15) is 6.42 Å². The van der Waals surface area contributed by atoms with Crippen LogP contribution >= 0.6 is 0 Å². The molecule has 0 saturated heterocycles. The van der Waals surface area contributed by atoms with Gasteiger partial charge < -0.3 is 14.3 Å². The minimum atomic E-state index is -1.000. The van der Waals surface area contributed by atoms with Gasteiger partial charge in [-0.15, -0.1) is 0 Å². The molecule has 2 aromatic rings. The van der Waals surface area contributed by atoms with Crippen LogP contribution in [0, 0.1) is 0 Å². The Kier molecular flexibility index (Phi) is 2.24. The molecular weight excluding hydrogens is 200 g/mol. The molecule has 0 aliphatic heterocycles. The third-order valence-electron chi connectivity index (χ3n) is 1.82. The number of oxazole rings is 1. The van der Waals surface area contributed by atoms with Crippen molar-refractivity contribution in [3.8, 4) is 5.75 Å². The quantitative estimate of drug-likeness (QED) is 0.805. The standard InChI is InChI=1S/C9H8N2O4/c1-14-5-2-3-10-9-8(5)15-6(11-9)4-7(12)13/h2-3H,4H2,1H3,(H,12,13). The molecule has 0 fully saturated rings. The number of hydrogen-bond donors (Lipinski definition) is 1. The lowest BCUT2D eigenvalue weighted by Gasteiger charge is -1.96. The fourth-order valence-electron chi connectivity index (χ4n) is 1.22. The van der Waals surface area contributed by atoms with Gasteiger partial charge in [0.25, 0.3) is 0 Å². The third-order valence-corrected chi connectivity index (χ3v) is 1.82. The molecule has 0 unspecified atom stereocenters. The van der Waals surface area contributed by atoms with Gasteiger partial charge in [0.2, 0.25) is 17.1 Å². The average molecular weight is 208 g/mol. The molecule has 6 heteroatoms. The molecule has 0 aromatic carbocycles. The summed E-state index contributed by atoms with van der Waals surface area (Å²) in [5, 5.41) is 8.57. The van der Waals surface area contributed by atoms with E-state index in [-0.39, 0.29) is 12.3 Å². The predicted molar refractivity (Wildman–Crippen MR) is 49.7 cm³/mol. The van der Waals surface area contributed by atoms with E-state index in [1.54, 1.807) is 6.07 Å². The normalized spacial score (nSPS) is 10.5. The summed E-state index contributed by atoms with van der Waals surface area (Å²) >= 11 is 0. The minimum absolute atomic E-state index is 0.120. The smallest absolute Gasteiger partial charge is 0.312 e. The van der Waals surface area contributed by atoms with Gasteiger partial charge in [0.15, 0.2) is 5.75 Å². The first kappa shape index (κ1) is 9.45. The van der Waals surface area contributed by atoms with Crippen molar-refractivity contribution in [3.05, 3.63) is 18.2 Å². The Morgan fingerprint density at radius 3 is 3.13 bits per heavy atom. The summed E-state index contributed by atoms with van der Waals surface area (Å²) in [7, 11) is 1.49. The molecule has 0 radical (unpaired) electrons. The molecule has 2 aromatic heterocycles. The number of aliphatic carboxylic acids is 1. The maximum Gasteiger partial charge on any atom is 0.312 e. The first-order valence-electron chi connectivity index (χ1n) is 4.21. The SMILES string of the molecule is COc1ccnc2nc(CC(=O)O)oc12. The zero-order valence-electron chi connectivity index (χ0n) is 7.93. The Balaban J connectivity index is 2.50. The minimum Gasteiger partial charge on any atom is -0.493 e. The molecule has 78 valence electrons. The van der Waals surface area contributed by atoms with E-state index in [0.29, 0.717) is 17.0 Å². The second-order valence-electron chi connectivity index (χ2n) is 2.84. The highest BCUT2D eigenvalue weighted by molar-refractivity contribution is 5.76. The van der Waals surface area contributed by atoms with Crippen LogP contribution in [0.1, 0.15) is 5.89 Å². The molecule has 0 aliphatic carbocycles. The molecule has 2 rings (SSSR count). The molecule has 0 bridgehead atoms. The molecule has 0 spiro atoms. The van der Waals surface area contributed by atoms with Crippen LogP contribution in [0.2, 0.25) is 0 Å². The van der Waals surface area contributed by atoms with E-state index < -0.39 is 5.97 Å². The lowest BCUT2D eigenvalue weighted by Crippen LogP contribution is -1.99. The molecule has 6 nitrogen and oxygen atoms in total. The van der Waals surface area contributed by atoms with Crippen LogP contribution in [-0.4, -0.2) is 28.2 Å².